The number of aryl methyl sites for hydroxylation is 4. The predicted molar refractivity (Wildman–Crippen MR) is 148 cm³/mol. The lowest BCUT2D eigenvalue weighted by Gasteiger charge is -2.30. The first kappa shape index (κ1) is 24.3. The number of rotatable bonds is 3. The highest BCUT2D eigenvalue weighted by atomic mass is 32.1. The molecule has 2 amide bonds. The van der Waals surface area contributed by atoms with Gasteiger partial charge in [0.25, 0.3) is 17.4 Å². The monoisotopic (exact) mass is 511 g/mol. The molecule has 0 radical (unpaired) electrons. The Morgan fingerprint density at radius 2 is 1.65 bits per heavy atom. The maximum atomic E-state index is 13.6. The Balaban J connectivity index is 1.63. The number of aromatic nitrogens is 3. The van der Waals surface area contributed by atoms with Crippen molar-refractivity contribution in [2.75, 3.05) is 4.90 Å². The Morgan fingerprint density at radius 3 is 2.38 bits per heavy atom. The topological polar surface area (TPSA) is 89.2 Å². The zero-order valence-electron chi connectivity index (χ0n) is 21.1. The molecule has 1 saturated heterocycles. The second kappa shape index (κ2) is 8.94. The summed E-state index contributed by atoms with van der Waals surface area (Å²) in [5.41, 5.74) is 4.96. The van der Waals surface area contributed by atoms with Crippen molar-refractivity contribution in [3.63, 3.8) is 0 Å². The molecular weight excluding hydrogens is 486 g/mol. The number of para-hydroxylation sites is 1. The summed E-state index contributed by atoms with van der Waals surface area (Å²) in [5.74, 6) is -0.560. The van der Waals surface area contributed by atoms with E-state index in [-0.39, 0.29) is 16.2 Å². The van der Waals surface area contributed by atoms with Gasteiger partial charge in [0.1, 0.15) is 11.4 Å². The van der Waals surface area contributed by atoms with Gasteiger partial charge in [-0.05, 0) is 88.3 Å². The SMILES string of the molecule is Cc1ccc(N2C(=O)C(=Cc3cc(C)n(-n4c(C)nc5ccccc5c4=O)c3C)C(=O)NC2=S)c(C)c1. The third kappa shape index (κ3) is 3.97. The lowest BCUT2D eigenvalue weighted by molar-refractivity contribution is -0.122. The van der Waals surface area contributed by atoms with Crippen molar-refractivity contribution in [2.24, 2.45) is 0 Å². The van der Waals surface area contributed by atoms with E-state index in [9.17, 15) is 14.4 Å². The van der Waals surface area contributed by atoms with Gasteiger partial charge in [-0.2, -0.15) is 4.68 Å². The van der Waals surface area contributed by atoms with E-state index in [4.69, 9.17) is 12.2 Å². The van der Waals surface area contributed by atoms with Gasteiger partial charge in [0.15, 0.2) is 5.11 Å². The molecule has 2 aromatic carbocycles. The average Bonchev–Trinajstić information content (AvgIpc) is 3.11. The number of hydrogen-bond donors (Lipinski definition) is 1. The summed E-state index contributed by atoms with van der Waals surface area (Å²) in [5, 5.41) is 3.17. The third-order valence-corrected chi connectivity index (χ3v) is 6.83. The number of carbonyl (C=O) groups excluding carboxylic acids is 2. The largest absolute Gasteiger partial charge is 0.298 e. The van der Waals surface area contributed by atoms with E-state index in [0.717, 1.165) is 16.8 Å². The van der Waals surface area contributed by atoms with E-state index in [1.54, 1.807) is 35.9 Å². The summed E-state index contributed by atoms with van der Waals surface area (Å²) in [6, 6.07) is 14.7. The fraction of sp³-hybridized carbons (Fsp3) is 0.179. The van der Waals surface area contributed by atoms with Crippen LogP contribution in [0.2, 0.25) is 0 Å². The van der Waals surface area contributed by atoms with Gasteiger partial charge in [-0.1, -0.05) is 29.8 Å². The molecule has 1 N–H and O–H groups in total. The molecule has 0 saturated carbocycles. The Hall–Kier alpha value is -4.37. The molecule has 37 heavy (non-hydrogen) atoms. The van der Waals surface area contributed by atoms with Crippen molar-refractivity contribution in [2.45, 2.75) is 34.6 Å². The number of nitrogens with zero attached hydrogens (tertiary/aromatic N) is 4. The van der Waals surface area contributed by atoms with Gasteiger partial charge >= 0.3 is 0 Å². The third-order valence-electron chi connectivity index (χ3n) is 6.54. The molecule has 8 nitrogen and oxygen atoms in total. The molecule has 0 atom stereocenters. The number of benzene rings is 2. The molecule has 1 fully saturated rings. The molecule has 2 aromatic heterocycles. The van der Waals surface area contributed by atoms with Crippen LogP contribution in [0.15, 0.2) is 58.9 Å². The van der Waals surface area contributed by atoms with Crippen LogP contribution in [-0.2, 0) is 9.59 Å². The molecule has 4 aromatic rings. The van der Waals surface area contributed by atoms with Crippen molar-refractivity contribution in [1.82, 2.24) is 19.7 Å². The standard InChI is InChI=1S/C28H25N5O3S/c1-15-10-11-24(16(2)12-15)31-26(35)22(25(34)30-28(31)37)14-20-13-17(3)32(18(20)4)33-19(5)29-23-9-7-6-8-21(23)27(33)36/h6-14H,1-5H3,(H,30,34,37). The van der Waals surface area contributed by atoms with Crippen LogP contribution in [-0.4, -0.2) is 31.3 Å². The highest BCUT2D eigenvalue weighted by molar-refractivity contribution is 7.80. The van der Waals surface area contributed by atoms with Gasteiger partial charge in [0, 0.05) is 11.4 Å². The number of hydrogen-bond acceptors (Lipinski definition) is 5. The molecule has 0 aliphatic carbocycles. The van der Waals surface area contributed by atoms with Gasteiger partial charge in [0.05, 0.1) is 16.6 Å². The van der Waals surface area contributed by atoms with Crippen LogP contribution in [0.5, 0.6) is 0 Å². The van der Waals surface area contributed by atoms with Crippen molar-refractivity contribution in [1.29, 1.82) is 0 Å². The minimum absolute atomic E-state index is 0.0361. The van der Waals surface area contributed by atoms with Crippen molar-refractivity contribution < 1.29 is 9.59 Å². The second-order valence-electron chi connectivity index (χ2n) is 9.18. The first-order chi connectivity index (χ1) is 17.6. The lowest BCUT2D eigenvalue weighted by atomic mass is 10.0. The summed E-state index contributed by atoms with van der Waals surface area (Å²) >= 11 is 5.35. The Bertz CT molecular complexity index is 1740. The van der Waals surface area contributed by atoms with E-state index in [2.05, 4.69) is 10.3 Å². The zero-order valence-corrected chi connectivity index (χ0v) is 21.9. The molecule has 0 spiro atoms. The second-order valence-corrected chi connectivity index (χ2v) is 9.57. The highest BCUT2D eigenvalue weighted by Gasteiger charge is 2.35. The zero-order chi connectivity index (χ0) is 26.6. The molecule has 9 heteroatoms. The summed E-state index contributed by atoms with van der Waals surface area (Å²) in [6.45, 7) is 9.32. The molecule has 186 valence electrons. The van der Waals surface area contributed by atoms with E-state index in [1.807, 2.05) is 58.0 Å². The summed E-state index contributed by atoms with van der Waals surface area (Å²) in [6.07, 6.45) is 1.55. The molecule has 1 aliphatic rings. The normalized spacial score (nSPS) is 15.1. The van der Waals surface area contributed by atoms with Crippen LogP contribution in [0.25, 0.3) is 17.0 Å². The van der Waals surface area contributed by atoms with E-state index in [0.29, 0.717) is 33.7 Å². The van der Waals surface area contributed by atoms with Gasteiger partial charge in [0.2, 0.25) is 0 Å². The van der Waals surface area contributed by atoms with Gasteiger partial charge < -0.3 is 0 Å². The van der Waals surface area contributed by atoms with Crippen molar-refractivity contribution in [3.8, 4) is 0 Å². The van der Waals surface area contributed by atoms with Crippen LogP contribution in [0.1, 0.15) is 33.9 Å². The van der Waals surface area contributed by atoms with Crippen LogP contribution >= 0.6 is 12.2 Å². The molecule has 3 heterocycles. The first-order valence-corrected chi connectivity index (χ1v) is 12.2. The molecule has 0 unspecified atom stereocenters. The minimum Gasteiger partial charge on any atom is -0.298 e. The number of fused-ring (bicyclic) bond motifs is 1. The van der Waals surface area contributed by atoms with E-state index in [1.165, 1.54) is 9.58 Å². The highest BCUT2D eigenvalue weighted by Crippen LogP contribution is 2.27. The summed E-state index contributed by atoms with van der Waals surface area (Å²) in [7, 11) is 0. The quantitative estimate of drug-likeness (QED) is 0.256. The number of amides is 2. The molecule has 1 aliphatic heterocycles. The van der Waals surface area contributed by atoms with Crippen molar-refractivity contribution in [3.05, 3.63) is 98.4 Å². The van der Waals surface area contributed by atoms with Crippen LogP contribution in [0.4, 0.5) is 5.69 Å². The molecule has 0 bridgehead atoms. The van der Waals surface area contributed by atoms with E-state index >= 15 is 0 Å². The van der Waals surface area contributed by atoms with Crippen LogP contribution < -0.4 is 15.8 Å². The number of nitrogens with one attached hydrogen (secondary N) is 1. The number of anilines is 1. The van der Waals surface area contributed by atoms with Gasteiger partial charge in [-0.25, -0.2) is 4.98 Å². The fourth-order valence-electron chi connectivity index (χ4n) is 4.79. The minimum atomic E-state index is -0.568. The summed E-state index contributed by atoms with van der Waals surface area (Å²) in [4.78, 5) is 45.8. The molecule has 5 rings (SSSR count). The van der Waals surface area contributed by atoms with E-state index < -0.39 is 11.8 Å². The Morgan fingerprint density at radius 1 is 0.919 bits per heavy atom. The summed E-state index contributed by atoms with van der Waals surface area (Å²) < 4.78 is 3.26. The first-order valence-electron chi connectivity index (χ1n) is 11.7. The lowest BCUT2D eigenvalue weighted by Crippen LogP contribution is -2.54. The van der Waals surface area contributed by atoms with Crippen LogP contribution in [0, 0.1) is 34.6 Å². The number of thiocarbonyl (C=S) groups is 1. The van der Waals surface area contributed by atoms with Gasteiger partial charge in [-0.15, -0.1) is 0 Å². The Labute approximate surface area is 218 Å². The number of carbonyl (C=O) groups is 2. The molecular formula is C28H25N5O3S. The van der Waals surface area contributed by atoms with Crippen molar-refractivity contribution >= 4 is 51.8 Å². The average molecular weight is 512 g/mol. The maximum Gasteiger partial charge on any atom is 0.280 e. The maximum absolute atomic E-state index is 13.6. The Kier molecular flexibility index (Phi) is 5.88. The smallest absolute Gasteiger partial charge is 0.280 e. The predicted octanol–water partition coefficient (Wildman–Crippen LogP) is 3.88. The van der Waals surface area contributed by atoms with Crippen LogP contribution in [0.3, 0.4) is 0 Å². The van der Waals surface area contributed by atoms with Gasteiger partial charge in [-0.3, -0.25) is 29.3 Å². The fourth-order valence-corrected chi connectivity index (χ4v) is 5.06.